The summed E-state index contributed by atoms with van der Waals surface area (Å²) in [5, 5.41) is 11.5. The molecule has 0 aromatic rings. The van der Waals surface area contributed by atoms with Crippen LogP contribution in [0.15, 0.2) is 12.2 Å². The summed E-state index contributed by atoms with van der Waals surface area (Å²) in [4.78, 5) is 0. The minimum Gasteiger partial charge on any atom is -0.390 e. The van der Waals surface area contributed by atoms with Crippen LogP contribution >= 0.6 is 0 Å². The topological polar surface area (TPSA) is 20.2 Å². The van der Waals surface area contributed by atoms with Gasteiger partial charge in [-0.25, -0.2) is 0 Å². The molecule has 3 bridgehead atoms. The first kappa shape index (κ1) is 12.3. The molecule has 0 radical (unpaired) electrons. The first-order valence-corrected chi connectivity index (χ1v) is 8.94. The van der Waals surface area contributed by atoms with Gasteiger partial charge in [0.05, 0.1) is 5.60 Å². The van der Waals surface area contributed by atoms with E-state index in [0.29, 0.717) is 22.7 Å². The second-order valence-electron chi connectivity index (χ2n) is 9.32. The van der Waals surface area contributed by atoms with Gasteiger partial charge in [-0.05, 0) is 79.4 Å². The average molecular weight is 272 g/mol. The zero-order chi connectivity index (χ0) is 13.6. The molecule has 20 heavy (non-hydrogen) atoms. The summed E-state index contributed by atoms with van der Waals surface area (Å²) >= 11 is 0. The fourth-order valence-corrected chi connectivity index (χ4v) is 7.46. The van der Waals surface area contributed by atoms with Crippen LogP contribution in [0.5, 0.6) is 0 Å². The maximum atomic E-state index is 11.5. The predicted molar refractivity (Wildman–Crippen MR) is 80.1 cm³/mol. The highest BCUT2D eigenvalue weighted by atomic mass is 16.3. The Kier molecular flexibility index (Phi) is 2.17. The Labute approximate surface area is 122 Å². The summed E-state index contributed by atoms with van der Waals surface area (Å²) in [6.07, 6.45) is 17.0. The van der Waals surface area contributed by atoms with Crippen molar-refractivity contribution >= 4 is 0 Å². The molecule has 110 valence electrons. The normalized spacial score (nSPS) is 58.3. The van der Waals surface area contributed by atoms with Crippen LogP contribution in [-0.4, -0.2) is 10.7 Å². The lowest BCUT2D eigenvalue weighted by Gasteiger charge is -2.60. The molecule has 1 N–H and O–H groups in total. The lowest BCUT2D eigenvalue weighted by Crippen LogP contribution is -2.58. The second-order valence-corrected chi connectivity index (χ2v) is 9.32. The molecule has 0 aromatic carbocycles. The van der Waals surface area contributed by atoms with Crippen LogP contribution in [0, 0.1) is 34.5 Å². The Bertz CT molecular complexity index is 474. The lowest BCUT2D eigenvalue weighted by molar-refractivity contribution is -0.175. The summed E-state index contributed by atoms with van der Waals surface area (Å²) < 4.78 is 0. The van der Waals surface area contributed by atoms with Crippen molar-refractivity contribution in [2.24, 2.45) is 34.5 Å². The van der Waals surface area contributed by atoms with Crippen LogP contribution in [0.2, 0.25) is 0 Å². The molecule has 0 saturated heterocycles. The van der Waals surface area contributed by atoms with Crippen molar-refractivity contribution < 1.29 is 5.11 Å². The maximum Gasteiger partial charge on any atom is 0.0689 e. The third-order valence-corrected chi connectivity index (χ3v) is 8.26. The van der Waals surface area contributed by atoms with E-state index in [2.05, 4.69) is 19.1 Å². The summed E-state index contributed by atoms with van der Waals surface area (Å²) in [6, 6.07) is 0. The highest BCUT2D eigenvalue weighted by molar-refractivity contribution is 5.22. The smallest absolute Gasteiger partial charge is 0.0689 e. The number of hydrogen-bond donors (Lipinski definition) is 1. The maximum absolute atomic E-state index is 11.5. The molecule has 4 fully saturated rings. The van der Waals surface area contributed by atoms with Crippen molar-refractivity contribution in [1.29, 1.82) is 0 Å². The van der Waals surface area contributed by atoms with Gasteiger partial charge in [-0.2, -0.15) is 0 Å². The second kappa shape index (κ2) is 3.54. The largest absolute Gasteiger partial charge is 0.390 e. The number of hydrogen-bond acceptors (Lipinski definition) is 1. The molecule has 1 spiro atoms. The fraction of sp³-hybridized carbons (Fsp3) is 0.895. The van der Waals surface area contributed by atoms with Gasteiger partial charge in [0.15, 0.2) is 0 Å². The standard InChI is InChI=1S/C19H28O/c1-17-9-13-4-5-14(17)8-15-16(19(20,10-13)12-17)11-18(15)6-2-3-7-18/h4-5,13-16,20H,2-3,6-12H2,1H3. The summed E-state index contributed by atoms with van der Waals surface area (Å²) in [5.74, 6) is 2.88. The molecular weight excluding hydrogens is 244 g/mol. The Balaban J connectivity index is 1.59. The van der Waals surface area contributed by atoms with Crippen LogP contribution in [0.3, 0.4) is 0 Å². The van der Waals surface area contributed by atoms with Gasteiger partial charge in [0, 0.05) is 0 Å². The average Bonchev–Trinajstić information content (AvgIpc) is 2.83. The van der Waals surface area contributed by atoms with Crippen LogP contribution in [0.25, 0.3) is 0 Å². The monoisotopic (exact) mass is 272 g/mol. The third kappa shape index (κ3) is 1.34. The number of fused-ring (bicyclic) bond motifs is 5. The number of allylic oxidation sites excluding steroid dienone is 2. The minimum absolute atomic E-state index is 0.324. The number of rotatable bonds is 0. The molecule has 0 heterocycles. The SMILES string of the molecule is CC12CC3C=CC1CC1C(CC14CCCC4)C(O)(C3)C2. The van der Waals surface area contributed by atoms with Crippen molar-refractivity contribution in [1.82, 2.24) is 0 Å². The molecule has 5 aliphatic rings. The zero-order valence-electron chi connectivity index (χ0n) is 12.8. The van der Waals surface area contributed by atoms with E-state index < -0.39 is 0 Å². The number of aliphatic hydroxyl groups is 1. The Morgan fingerprint density at radius 2 is 1.80 bits per heavy atom. The molecule has 0 aromatic heterocycles. The lowest BCUT2D eigenvalue weighted by atomic mass is 9.47. The highest BCUT2D eigenvalue weighted by Crippen LogP contribution is 2.71. The van der Waals surface area contributed by atoms with Crippen LogP contribution < -0.4 is 0 Å². The van der Waals surface area contributed by atoms with Gasteiger partial charge >= 0.3 is 0 Å². The minimum atomic E-state index is -0.324. The fourth-order valence-electron chi connectivity index (χ4n) is 7.46. The van der Waals surface area contributed by atoms with Crippen molar-refractivity contribution in [3.8, 4) is 0 Å². The van der Waals surface area contributed by atoms with Crippen molar-refractivity contribution in [3.05, 3.63) is 12.2 Å². The van der Waals surface area contributed by atoms with Gasteiger partial charge in [-0.3, -0.25) is 0 Å². The Morgan fingerprint density at radius 1 is 1.00 bits per heavy atom. The third-order valence-electron chi connectivity index (χ3n) is 8.26. The molecule has 1 nitrogen and oxygen atoms in total. The Hall–Kier alpha value is -0.300. The van der Waals surface area contributed by atoms with Crippen molar-refractivity contribution in [2.45, 2.75) is 70.3 Å². The van der Waals surface area contributed by atoms with E-state index in [4.69, 9.17) is 0 Å². The van der Waals surface area contributed by atoms with Crippen LogP contribution in [-0.2, 0) is 0 Å². The van der Waals surface area contributed by atoms with Gasteiger partial charge in [-0.1, -0.05) is 31.9 Å². The van der Waals surface area contributed by atoms with Crippen LogP contribution in [0.4, 0.5) is 0 Å². The van der Waals surface area contributed by atoms with Gasteiger partial charge in [0.25, 0.3) is 0 Å². The van der Waals surface area contributed by atoms with Crippen molar-refractivity contribution in [3.63, 3.8) is 0 Å². The molecule has 0 aliphatic heterocycles. The predicted octanol–water partition coefficient (Wildman–Crippen LogP) is 4.31. The Morgan fingerprint density at radius 3 is 2.60 bits per heavy atom. The van der Waals surface area contributed by atoms with Gasteiger partial charge < -0.3 is 5.11 Å². The first-order valence-electron chi connectivity index (χ1n) is 8.94. The van der Waals surface area contributed by atoms with E-state index in [9.17, 15) is 5.11 Å². The van der Waals surface area contributed by atoms with Crippen molar-refractivity contribution in [2.75, 3.05) is 0 Å². The molecule has 5 rings (SSSR count). The molecule has 6 unspecified atom stereocenters. The summed E-state index contributed by atoms with van der Waals surface area (Å²) in [7, 11) is 0. The van der Waals surface area contributed by atoms with E-state index in [1.54, 1.807) is 0 Å². The van der Waals surface area contributed by atoms with Gasteiger partial charge in [0.2, 0.25) is 0 Å². The molecule has 4 saturated carbocycles. The summed E-state index contributed by atoms with van der Waals surface area (Å²) in [5.41, 5.74) is 0.722. The molecule has 5 aliphatic carbocycles. The molecule has 6 atom stereocenters. The van der Waals surface area contributed by atoms with Crippen LogP contribution in [0.1, 0.15) is 64.7 Å². The molecule has 1 heteroatoms. The van der Waals surface area contributed by atoms with Gasteiger partial charge in [-0.15, -0.1) is 0 Å². The van der Waals surface area contributed by atoms with E-state index >= 15 is 0 Å². The quantitative estimate of drug-likeness (QED) is 0.651. The van der Waals surface area contributed by atoms with Gasteiger partial charge in [0.1, 0.15) is 0 Å². The summed E-state index contributed by atoms with van der Waals surface area (Å²) in [6.45, 7) is 2.48. The zero-order valence-corrected chi connectivity index (χ0v) is 12.8. The van der Waals surface area contributed by atoms with E-state index in [0.717, 1.165) is 24.7 Å². The molecule has 0 amide bonds. The highest BCUT2D eigenvalue weighted by Gasteiger charge is 2.66. The van der Waals surface area contributed by atoms with E-state index in [-0.39, 0.29) is 5.60 Å². The first-order chi connectivity index (χ1) is 9.53. The van der Waals surface area contributed by atoms with E-state index in [1.807, 2.05) is 0 Å². The van der Waals surface area contributed by atoms with E-state index in [1.165, 1.54) is 44.9 Å². The molecular formula is C19H28O.